The van der Waals surface area contributed by atoms with Crippen molar-refractivity contribution in [1.82, 2.24) is 10.6 Å². The van der Waals surface area contributed by atoms with Gasteiger partial charge in [0.05, 0.1) is 5.92 Å². The van der Waals surface area contributed by atoms with Gasteiger partial charge in [-0.1, -0.05) is 26.3 Å². The maximum absolute atomic E-state index is 13.0. The van der Waals surface area contributed by atoms with Crippen molar-refractivity contribution in [2.24, 2.45) is 16.8 Å². The molecule has 0 saturated carbocycles. The lowest BCUT2D eigenvalue weighted by Crippen LogP contribution is -2.38. The number of carbonyl (C=O) groups excluding carboxylic acids is 1. The summed E-state index contributed by atoms with van der Waals surface area (Å²) in [6.45, 7) is 9.30. The molecule has 0 heterocycles. The molecule has 0 rings (SSSR count). The second-order valence-corrected chi connectivity index (χ2v) is 5.75. The Bertz CT molecular complexity index is 445. The van der Waals surface area contributed by atoms with E-state index in [0.29, 0.717) is 25.3 Å². The quantitative estimate of drug-likeness (QED) is 0.504. The third kappa shape index (κ3) is 8.36. The molecular formula is C17H30F3N3O. The van der Waals surface area contributed by atoms with Crippen LogP contribution in [0.25, 0.3) is 0 Å². The summed E-state index contributed by atoms with van der Waals surface area (Å²) in [5.41, 5.74) is 0.815. The predicted octanol–water partition coefficient (Wildman–Crippen LogP) is 4.39. The number of hydrogen-bond donors (Lipinski definition) is 2. The first-order valence-corrected chi connectivity index (χ1v) is 8.53. The molecule has 4 nitrogen and oxygen atoms in total. The third-order valence-corrected chi connectivity index (χ3v) is 3.99. The smallest absolute Gasteiger partial charge is 0.333 e. The van der Waals surface area contributed by atoms with E-state index in [0.717, 1.165) is 5.57 Å². The van der Waals surface area contributed by atoms with E-state index in [1.54, 1.807) is 27.0 Å². The van der Waals surface area contributed by atoms with Crippen LogP contribution < -0.4 is 10.6 Å². The highest BCUT2D eigenvalue weighted by atomic mass is 19.4. The molecule has 0 aromatic heterocycles. The van der Waals surface area contributed by atoms with Gasteiger partial charge in [0.2, 0.25) is 11.9 Å². The number of aliphatic imine (C=N–C) groups is 1. The highest BCUT2D eigenvalue weighted by Crippen LogP contribution is 2.36. The Morgan fingerprint density at radius 1 is 1.17 bits per heavy atom. The van der Waals surface area contributed by atoms with Crippen LogP contribution in [0.2, 0.25) is 0 Å². The van der Waals surface area contributed by atoms with Crippen molar-refractivity contribution in [3.63, 3.8) is 0 Å². The SMILES string of the molecule is CCN=C(N/C=C(/C)C(CC)CC(CC)C(F)(F)F)NC(=O)CC. The molecule has 0 saturated heterocycles. The summed E-state index contributed by atoms with van der Waals surface area (Å²) in [4.78, 5) is 15.6. The van der Waals surface area contributed by atoms with Crippen molar-refractivity contribution >= 4 is 11.9 Å². The Morgan fingerprint density at radius 2 is 1.79 bits per heavy atom. The number of rotatable bonds is 8. The number of nitrogens with zero attached hydrogens (tertiary/aromatic N) is 1. The largest absolute Gasteiger partial charge is 0.391 e. The molecule has 0 aromatic rings. The zero-order valence-corrected chi connectivity index (χ0v) is 15.3. The molecule has 0 fully saturated rings. The topological polar surface area (TPSA) is 53.5 Å². The molecule has 0 bridgehead atoms. The van der Waals surface area contributed by atoms with Crippen LogP contribution in [0.5, 0.6) is 0 Å². The van der Waals surface area contributed by atoms with Crippen LogP contribution in [0, 0.1) is 11.8 Å². The van der Waals surface area contributed by atoms with Gasteiger partial charge in [-0.3, -0.25) is 15.1 Å². The summed E-state index contributed by atoms with van der Waals surface area (Å²) >= 11 is 0. The monoisotopic (exact) mass is 349 g/mol. The van der Waals surface area contributed by atoms with Crippen molar-refractivity contribution in [2.45, 2.75) is 66.5 Å². The van der Waals surface area contributed by atoms with Gasteiger partial charge in [0, 0.05) is 19.2 Å². The fourth-order valence-corrected chi connectivity index (χ4v) is 2.35. The first-order valence-electron chi connectivity index (χ1n) is 8.53. The van der Waals surface area contributed by atoms with Gasteiger partial charge in [0.1, 0.15) is 0 Å². The lowest BCUT2D eigenvalue weighted by molar-refractivity contribution is -0.179. The maximum Gasteiger partial charge on any atom is 0.391 e. The summed E-state index contributed by atoms with van der Waals surface area (Å²) in [5.74, 6) is -1.32. The predicted molar refractivity (Wildman–Crippen MR) is 91.5 cm³/mol. The standard InChI is InChI=1S/C17H30F3N3O/c1-6-13(10-14(7-2)17(18,19)20)12(5)11-22-16(21-9-4)23-15(24)8-3/h11,13-14H,6-10H2,1-5H3,(H2,21,22,23,24)/b12-11-. The average molecular weight is 349 g/mol. The molecule has 2 unspecified atom stereocenters. The molecule has 0 aliphatic heterocycles. The van der Waals surface area contributed by atoms with Gasteiger partial charge in [-0.15, -0.1) is 0 Å². The Morgan fingerprint density at radius 3 is 2.21 bits per heavy atom. The molecule has 0 aliphatic rings. The van der Waals surface area contributed by atoms with Crippen LogP contribution in [0.1, 0.15) is 60.3 Å². The van der Waals surface area contributed by atoms with E-state index < -0.39 is 12.1 Å². The Balaban J connectivity index is 4.98. The number of hydrogen-bond acceptors (Lipinski definition) is 2. The van der Waals surface area contributed by atoms with E-state index in [1.165, 1.54) is 0 Å². The summed E-state index contributed by atoms with van der Waals surface area (Å²) in [7, 11) is 0. The average Bonchev–Trinajstić information content (AvgIpc) is 2.52. The lowest BCUT2D eigenvalue weighted by atomic mass is 9.86. The molecule has 0 aliphatic carbocycles. The second-order valence-electron chi connectivity index (χ2n) is 5.75. The lowest BCUT2D eigenvalue weighted by Gasteiger charge is -2.24. The number of allylic oxidation sites excluding steroid dienone is 1. The van der Waals surface area contributed by atoms with E-state index in [1.807, 2.05) is 13.8 Å². The molecule has 24 heavy (non-hydrogen) atoms. The highest BCUT2D eigenvalue weighted by molar-refractivity contribution is 5.97. The molecule has 2 N–H and O–H groups in total. The first-order chi connectivity index (χ1) is 11.2. The van der Waals surface area contributed by atoms with Crippen molar-refractivity contribution < 1.29 is 18.0 Å². The second kappa shape index (κ2) is 11.1. The molecule has 7 heteroatoms. The van der Waals surface area contributed by atoms with E-state index in [9.17, 15) is 18.0 Å². The molecule has 0 aromatic carbocycles. The van der Waals surface area contributed by atoms with Crippen LogP contribution >= 0.6 is 0 Å². The minimum atomic E-state index is -4.17. The number of guanidine groups is 1. The number of nitrogens with one attached hydrogen (secondary N) is 2. The van der Waals surface area contributed by atoms with Gasteiger partial charge >= 0.3 is 6.18 Å². The van der Waals surface area contributed by atoms with Gasteiger partial charge in [0.15, 0.2) is 0 Å². The number of carbonyl (C=O) groups is 1. The summed E-state index contributed by atoms with van der Waals surface area (Å²) in [6, 6.07) is 0. The number of amides is 1. The molecule has 1 amide bonds. The Hall–Kier alpha value is -1.53. The van der Waals surface area contributed by atoms with E-state index in [-0.39, 0.29) is 24.7 Å². The van der Waals surface area contributed by atoms with Gasteiger partial charge in [-0.25, -0.2) is 0 Å². The van der Waals surface area contributed by atoms with Crippen LogP contribution in [0.4, 0.5) is 13.2 Å². The summed E-state index contributed by atoms with van der Waals surface area (Å²) in [6.07, 6.45) is -1.42. The first kappa shape index (κ1) is 22.5. The number of halogens is 3. The van der Waals surface area contributed by atoms with Gasteiger partial charge in [0.25, 0.3) is 0 Å². The minimum Gasteiger partial charge on any atom is -0.333 e. The van der Waals surface area contributed by atoms with Crippen LogP contribution in [0.15, 0.2) is 16.8 Å². The van der Waals surface area contributed by atoms with E-state index in [4.69, 9.17) is 0 Å². The van der Waals surface area contributed by atoms with Crippen molar-refractivity contribution in [1.29, 1.82) is 0 Å². The van der Waals surface area contributed by atoms with Crippen LogP contribution in [-0.2, 0) is 4.79 Å². The normalized spacial score (nSPS) is 15.8. The van der Waals surface area contributed by atoms with Gasteiger partial charge in [-0.05, 0) is 39.0 Å². The van der Waals surface area contributed by atoms with Crippen molar-refractivity contribution in [2.75, 3.05) is 6.54 Å². The molecule has 140 valence electrons. The number of alkyl halides is 3. The molecular weight excluding hydrogens is 319 g/mol. The third-order valence-electron chi connectivity index (χ3n) is 3.99. The van der Waals surface area contributed by atoms with Gasteiger partial charge < -0.3 is 5.32 Å². The summed E-state index contributed by atoms with van der Waals surface area (Å²) < 4.78 is 38.9. The fraction of sp³-hybridized carbons (Fsp3) is 0.765. The fourth-order valence-electron chi connectivity index (χ4n) is 2.35. The van der Waals surface area contributed by atoms with Crippen molar-refractivity contribution in [3.8, 4) is 0 Å². The Labute approximate surface area is 143 Å². The Kier molecular flexibility index (Phi) is 10.4. The minimum absolute atomic E-state index is 0.0715. The van der Waals surface area contributed by atoms with Crippen LogP contribution in [0.3, 0.4) is 0 Å². The van der Waals surface area contributed by atoms with Crippen LogP contribution in [-0.4, -0.2) is 24.6 Å². The van der Waals surface area contributed by atoms with Crippen molar-refractivity contribution in [3.05, 3.63) is 11.8 Å². The van der Waals surface area contributed by atoms with E-state index in [2.05, 4.69) is 15.6 Å². The zero-order chi connectivity index (χ0) is 18.8. The van der Waals surface area contributed by atoms with Gasteiger partial charge in [-0.2, -0.15) is 13.2 Å². The molecule has 2 atom stereocenters. The molecule has 0 radical (unpaired) electrons. The molecule has 0 spiro atoms. The summed E-state index contributed by atoms with van der Waals surface area (Å²) in [5, 5.41) is 5.54. The maximum atomic E-state index is 13.0. The van der Waals surface area contributed by atoms with E-state index >= 15 is 0 Å². The highest BCUT2D eigenvalue weighted by Gasteiger charge is 2.39. The zero-order valence-electron chi connectivity index (χ0n) is 15.3.